The maximum Gasteiger partial charge on any atom is 0.268 e. The summed E-state index contributed by atoms with van der Waals surface area (Å²) in [4.78, 5) is 25.5. The second-order valence-corrected chi connectivity index (χ2v) is 6.56. The minimum absolute atomic E-state index is 0.0210. The molecule has 0 fully saturated rings. The number of nitrogens with two attached hydrogens (primary N) is 1. The largest absolute Gasteiger partial charge is 0.496 e. The smallest absolute Gasteiger partial charge is 0.268 e. The first kappa shape index (κ1) is 21.9. The summed E-state index contributed by atoms with van der Waals surface area (Å²) >= 11 is 0. The van der Waals surface area contributed by atoms with Gasteiger partial charge >= 0.3 is 0 Å². The highest BCUT2D eigenvalue weighted by atomic mass is 16.5. The molecule has 0 aliphatic heterocycles. The summed E-state index contributed by atoms with van der Waals surface area (Å²) in [6, 6.07) is 13.4. The molecule has 2 aromatic carbocycles. The van der Waals surface area contributed by atoms with Gasteiger partial charge in [-0.15, -0.1) is 0 Å². The minimum atomic E-state index is -0.694. The van der Waals surface area contributed by atoms with E-state index in [2.05, 4.69) is 4.98 Å². The van der Waals surface area contributed by atoms with E-state index in [-0.39, 0.29) is 29.1 Å². The topological polar surface area (TPSA) is 151 Å². The lowest BCUT2D eigenvalue weighted by Crippen LogP contribution is -2.16. The predicted octanol–water partition coefficient (Wildman–Crippen LogP) is 2.78. The average Bonchev–Trinajstić information content (AvgIpc) is 2.81. The van der Waals surface area contributed by atoms with Gasteiger partial charge in [-0.3, -0.25) is 9.59 Å². The summed E-state index contributed by atoms with van der Waals surface area (Å²) in [6.07, 6.45) is 0.727. The van der Waals surface area contributed by atoms with Crippen LogP contribution in [0.3, 0.4) is 0 Å². The SMILES string of the molecule is COc1ccc(C=O)cc1COc1ccc(-c2c(C#N)c(N)[nH]c(=O)c2C#N)cc1OC. The molecule has 0 aliphatic rings. The lowest BCUT2D eigenvalue weighted by atomic mass is 9.96. The number of H-pyrrole nitrogens is 1. The van der Waals surface area contributed by atoms with Gasteiger partial charge < -0.3 is 24.9 Å². The Kier molecular flexibility index (Phi) is 6.42. The zero-order valence-corrected chi connectivity index (χ0v) is 17.3. The summed E-state index contributed by atoms with van der Waals surface area (Å²) in [5.74, 6) is 1.10. The number of ether oxygens (including phenoxy) is 3. The standard InChI is InChI=1S/C23H18N4O5/c1-30-18-5-3-13(11-28)7-15(18)12-32-19-6-4-14(8-20(19)31-2)21-16(9-24)22(26)27-23(29)17(21)10-25/h3-8,11H,12H2,1-2H3,(H3,26,27,29). The van der Waals surface area contributed by atoms with E-state index in [1.165, 1.54) is 14.2 Å². The van der Waals surface area contributed by atoms with Gasteiger partial charge in [-0.05, 0) is 35.9 Å². The number of nitriles is 2. The number of hydrogen-bond donors (Lipinski definition) is 2. The first-order chi connectivity index (χ1) is 15.5. The number of nitrogens with zero attached hydrogens (tertiary/aromatic N) is 2. The van der Waals surface area contributed by atoms with Gasteiger partial charge in [0.05, 0.1) is 14.2 Å². The Morgan fingerprint density at radius 3 is 2.31 bits per heavy atom. The van der Waals surface area contributed by atoms with Crippen LogP contribution in [-0.4, -0.2) is 25.5 Å². The van der Waals surface area contributed by atoms with Crippen molar-refractivity contribution in [3.8, 4) is 40.5 Å². The molecule has 9 nitrogen and oxygen atoms in total. The van der Waals surface area contributed by atoms with Crippen molar-refractivity contribution in [2.24, 2.45) is 0 Å². The number of aromatic amines is 1. The van der Waals surface area contributed by atoms with E-state index in [1.807, 2.05) is 12.1 Å². The second kappa shape index (κ2) is 9.37. The maximum absolute atomic E-state index is 12.2. The molecule has 3 N–H and O–H groups in total. The third-order valence-electron chi connectivity index (χ3n) is 4.74. The maximum atomic E-state index is 12.2. The molecule has 0 spiro atoms. The number of nitrogen functional groups attached to an aromatic ring is 1. The van der Waals surface area contributed by atoms with E-state index in [0.717, 1.165) is 6.29 Å². The molecule has 0 aliphatic carbocycles. The van der Waals surface area contributed by atoms with Crippen LogP contribution in [0.2, 0.25) is 0 Å². The van der Waals surface area contributed by atoms with E-state index in [1.54, 1.807) is 36.4 Å². The summed E-state index contributed by atoms with van der Waals surface area (Å²) in [5.41, 5.74) is 6.46. The highest BCUT2D eigenvalue weighted by molar-refractivity contribution is 5.81. The average molecular weight is 430 g/mol. The van der Waals surface area contributed by atoms with E-state index in [9.17, 15) is 20.1 Å². The van der Waals surface area contributed by atoms with Crippen LogP contribution >= 0.6 is 0 Å². The number of aromatic nitrogens is 1. The zero-order chi connectivity index (χ0) is 23.3. The lowest BCUT2D eigenvalue weighted by molar-refractivity contribution is 0.112. The number of benzene rings is 2. The Bertz CT molecular complexity index is 1330. The molecule has 160 valence electrons. The number of nitrogens with one attached hydrogen (secondary N) is 1. The number of pyridine rings is 1. The number of hydrogen-bond acceptors (Lipinski definition) is 8. The monoisotopic (exact) mass is 430 g/mol. The summed E-state index contributed by atoms with van der Waals surface area (Å²) < 4.78 is 16.6. The fourth-order valence-electron chi connectivity index (χ4n) is 3.21. The molecule has 9 heteroatoms. The Morgan fingerprint density at radius 1 is 1.00 bits per heavy atom. The fraction of sp³-hybridized carbons (Fsp3) is 0.130. The van der Waals surface area contributed by atoms with Crippen molar-refractivity contribution in [2.45, 2.75) is 6.61 Å². The Balaban J connectivity index is 2.03. The van der Waals surface area contributed by atoms with Crippen LogP contribution in [0.25, 0.3) is 11.1 Å². The second-order valence-electron chi connectivity index (χ2n) is 6.56. The molecule has 32 heavy (non-hydrogen) atoms. The van der Waals surface area contributed by atoms with Crippen LogP contribution in [0.5, 0.6) is 17.2 Å². The summed E-state index contributed by atoms with van der Waals surface area (Å²) in [7, 11) is 2.95. The van der Waals surface area contributed by atoms with Gasteiger partial charge in [-0.1, -0.05) is 6.07 Å². The molecule has 1 aromatic heterocycles. The number of methoxy groups -OCH3 is 2. The number of anilines is 1. The normalized spacial score (nSPS) is 10.0. The van der Waals surface area contributed by atoms with Crippen molar-refractivity contribution < 1.29 is 19.0 Å². The molecule has 3 aromatic rings. The molecular formula is C23H18N4O5. The van der Waals surface area contributed by atoms with E-state index in [0.29, 0.717) is 33.9 Å². The Labute approximate surface area is 183 Å². The van der Waals surface area contributed by atoms with Gasteiger partial charge in [0.15, 0.2) is 11.5 Å². The lowest BCUT2D eigenvalue weighted by Gasteiger charge is -2.15. The van der Waals surface area contributed by atoms with Gasteiger partial charge in [0, 0.05) is 16.7 Å². The molecule has 0 unspecified atom stereocenters. The quantitative estimate of drug-likeness (QED) is 0.543. The van der Waals surface area contributed by atoms with Crippen LogP contribution in [0, 0.1) is 22.7 Å². The van der Waals surface area contributed by atoms with Gasteiger partial charge in [-0.2, -0.15) is 10.5 Å². The van der Waals surface area contributed by atoms with Crippen molar-refractivity contribution in [3.05, 3.63) is 69.0 Å². The Morgan fingerprint density at radius 2 is 1.69 bits per heavy atom. The molecule has 0 saturated heterocycles. The van der Waals surface area contributed by atoms with Crippen molar-refractivity contribution >= 4 is 12.1 Å². The van der Waals surface area contributed by atoms with Crippen molar-refractivity contribution in [1.82, 2.24) is 4.98 Å². The van der Waals surface area contributed by atoms with Gasteiger partial charge in [0.25, 0.3) is 5.56 Å². The first-order valence-corrected chi connectivity index (χ1v) is 9.26. The third-order valence-corrected chi connectivity index (χ3v) is 4.74. The van der Waals surface area contributed by atoms with Crippen LogP contribution in [0.15, 0.2) is 41.2 Å². The molecule has 3 rings (SSSR count). The third kappa shape index (κ3) is 4.09. The molecule has 0 bridgehead atoms. The Hall–Kier alpha value is -4.76. The van der Waals surface area contributed by atoms with Crippen LogP contribution < -0.4 is 25.5 Å². The van der Waals surface area contributed by atoms with Crippen LogP contribution in [-0.2, 0) is 6.61 Å². The molecule has 0 amide bonds. The van der Waals surface area contributed by atoms with E-state index < -0.39 is 5.56 Å². The molecule has 0 radical (unpaired) electrons. The molecule has 0 atom stereocenters. The highest BCUT2D eigenvalue weighted by Crippen LogP contribution is 2.36. The van der Waals surface area contributed by atoms with Gasteiger partial charge in [-0.25, -0.2) is 0 Å². The molecule has 0 saturated carbocycles. The first-order valence-electron chi connectivity index (χ1n) is 9.26. The predicted molar refractivity (Wildman–Crippen MR) is 116 cm³/mol. The number of aldehydes is 1. The molecular weight excluding hydrogens is 412 g/mol. The number of rotatable bonds is 7. The molecule has 1 heterocycles. The van der Waals surface area contributed by atoms with Crippen LogP contribution in [0.1, 0.15) is 27.0 Å². The van der Waals surface area contributed by atoms with Gasteiger partial charge in [0.2, 0.25) is 0 Å². The number of carbonyl (C=O) groups excluding carboxylic acids is 1. The van der Waals surface area contributed by atoms with Gasteiger partial charge in [0.1, 0.15) is 47.7 Å². The van der Waals surface area contributed by atoms with Crippen molar-refractivity contribution in [2.75, 3.05) is 20.0 Å². The summed E-state index contributed by atoms with van der Waals surface area (Å²) in [5, 5.41) is 18.9. The van der Waals surface area contributed by atoms with Crippen molar-refractivity contribution in [1.29, 1.82) is 10.5 Å². The summed E-state index contributed by atoms with van der Waals surface area (Å²) in [6.45, 7) is 0.0887. The minimum Gasteiger partial charge on any atom is -0.496 e. The van der Waals surface area contributed by atoms with Crippen LogP contribution in [0.4, 0.5) is 5.82 Å². The fourth-order valence-corrected chi connectivity index (χ4v) is 3.21. The van der Waals surface area contributed by atoms with E-state index in [4.69, 9.17) is 19.9 Å². The van der Waals surface area contributed by atoms with E-state index >= 15 is 0 Å². The van der Waals surface area contributed by atoms with Crippen molar-refractivity contribution in [3.63, 3.8) is 0 Å². The number of carbonyl (C=O) groups is 1. The highest BCUT2D eigenvalue weighted by Gasteiger charge is 2.20. The zero-order valence-electron chi connectivity index (χ0n) is 17.3.